The number of rotatable bonds is 8. The van der Waals surface area contributed by atoms with E-state index in [0.29, 0.717) is 0 Å². The number of anilines is 6. The van der Waals surface area contributed by atoms with E-state index in [1.807, 2.05) is 0 Å². The predicted octanol–water partition coefficient (Wildman–Crippen LogP) is 20.6. The molecule has 0 bridgehead atoms. The third-order valence-electron chi connectivity index (χ3n) is 16.7. The van der Waals surface area contributed by atoms with Crippen LogP contribution < -0.4 is 9.80 Å². The van der Waals surface area contributed by atoms with E-state index in [1.165, 1.54) is 120 Å². The number of benzene rings is 13. The van der Waals surface area contributed by atoms with Crippen molar-refractivity contribution in [3.05, 3.63) is 279 Å². The van der Waals surface area contributed by atoms with Gasteiger partial charge in [-0.1, -0.05) is 206 Å². The summed E-state index contributed by atoms with van der Waals surface area (Å²) in [5.41, 5.74) is 18.8. The molecule has 0 aliphatic carbocycles. The molecule has 17 aromatic rings. The lowest BCUT2D eigenvalue weighted by atomic mass is 9.94. The van der Waals surface area contributed by atoms with Crippen molar-refractivity contribution in [2.75, 3.05) is 9.80 Å². The summed E-state index contributed by atoms with van der Waals surface area (Å²) in [5, 5.41) is 14.8. The monoisotopic (exact) mass is 990 g/mol. The first-order valence-electron chi connectivity index (χ1n) is 26.9. The summed E-state index contributed by atoms with van der Waals surface area (Å²) >= 11 is 0. The second-order valence-electron chi connectivity index (χ2n) is 20.7. The fraction of sp³-hybridized carbons (Fsp3) is 0. The molecule has 362 valence electrons. The van der Waals surface area contributed by atoms with Gasteiger partial charge in [-0.2, -0.15) is 0 Å². The molecule has 0 N–H and O–H groups in total. The molecule has 0 aliphatic rings. The molecule has 0 unspecified atom stereocenters. The summed E-state index contributed by atoms with van der Waals surface area (Å²) in [4.78, 5) is 5.01. The van der Waals surface area contributed by atoms with Crippen LogP contribution in [0.5, 0.6) is 0 Å². The Balaban J connectivity index is 0.946. The van der Waals surface area contributed by atoms with Gasteiger partial charge in [0, 0.05) is 65.6 Å². The van der Waals surface area contributed by atoms with Crippen LogP contribution >= 0.6 is 0 Å². The molecule has 0 aliphatic heterocycles. The summed E-state index contributed by atoms with van der Waals surface area (Å²) in [7, 11) is 0. The molecule has 0 spiro atoms. The van der Waals surface area contributed by atoms with Gasteiger partial charge in [0.2, 0.25) is 0 Å². The molecule has 0 atom stereocenters. The summed E-state index contributed by atoms with van der Waals surface area (Å²) < 4.78 is 5.11. The smallest absolute Gasteiger partial charge is 0.0641 e. The van der Waals surface area contributed by atoms with Gasteiger partial charge in [-0.05, 0) is 105 Å². The van der Waals surface area contributed by atoms with E-state index in [4.69, 9.17) is 0 Å². The molecule has 0 radical (unpaired) electrons. The van der Waals surface area contributed by atoms with Gasteiger partial charge in [0.15, 0.2) is 0 Å². The van der Waals surface area contributed by atoms with E-state index in [1.54, 1.807) is 0 Å². The van der Waals surface area contributed by atoms with Crippen LogP contribution in [-0.2, 0) is 0 Å². The van der Waals surface area contributed by atoms with Crippen molar-refractivity contribution in [2.24, 2.45) is 0 Å². The average molecular weight is 991 g/mol. The van der Waals surface area contributed by atoms with E-state index in [-0.39, 0.29) is 0 Å². The van der Waals surface area contributed by atoms with Gasteiger partial charge >= 0.3 is 0 Å². The van der Waals surface area contributed by atoms with Gasteiger partial charge in [-0.15, -0.1) is 0 Å². The van der Waals surface area contributed by atoms with E-state index < -0.39 is 0 Å². The number of para-hydroxylation sites is 4. The van der Waals surface area contributed by atoms with Gasteiger partial charge < -0.3 is 18.6 Å². The topological polar surface area (TPSA) is 15.3 Å². The molecule has 78 heavy (non-hydrogen) atoms. The number of hydrogen-bond acceptors (Lipinski definition) is 2. The summed E-state index contributed by atoms with van der Waals surface area (Å²) in [6, 6.07) is 103. The van der Waals surface area contributed by atoms with Crippen LogP contribution in [0.4, 0.5) is 34.1 Å². The molecule has 0 saturated carbocycles. The minimum absolute atomic E-state index is 1.11. The van der Waals surface area contributed by atoms with Crippen molar-refractivity contribution in [3.63, 3.8) is 0 Å². The first kappa shape index (κ1) is 42.9. The van der Waals surface area contributed by atoms with Gasteiger partial charge in [0.25, 0.3) is 0 Å². The van der Waals surface area contributed by atoms with Crippen molar-refractivity contribution in [3.8, 4) is 22.3 Å². The fourth-order valence-electron chi connectivity index (χ4n) is 13.5. The lowest BCUT2D eigenvalue weighted by Crippen LogP contribution is -2.12. The molecular weight excluding hydrogens is 945 g/mol. The third kappa shape index (κ3) is 6.00. The Morgan fingerprint density at radius 3 is 1.00 bits per heavy atom. The van der Waals surface area contributed by atoms with Crippen LogP contribution in [0.3, 0.4) is 0 Å². The SMILES string of the molecule is c1ccc(-c2c(N(c3ccccc3)c3ccc4c5cc6c(cc5n5c7ccccc7c3c45)c3ccc(N(c4ccccc4)c4ccc5ccccc5c4-c4ccccc4)c4c5ccccc5n6c34)ccc3ccccc23)cc1. The van der Waals surface area contributed by atoms with Crippen LogP contribution in [0.1, 0.15) is 0 Å². The summed E-state index contributed by atoms with van der Waals surface area (Å²) in [6.07, 6.45) is 0. The Labute approximate surface area is 449 Å². The molecular formula is C74H46N4. The van der Waals surface area contributed by atoms with Crippen LogP contribution in [-0.4, -0.2) is 8.80 Å². The maximum Gasteiger partial charge on any atom is 0.0641 e. The lowest BCUT2D eigenvalue weighted by molar-refractivity contribution is 1.30. The Morgan fingerprint density at radius 2 is 0.577 bits per heavy atom. The normalized spacial score (nSPS) is 12.1. The zero-order chi connectivity index (χ0) is 51.0. The zero-order valence-electron chi connectivity index (χ0n) is 42.3. The Bertz CT molecular complexity index is 4870. The summed E-state index contributed by atoms with van der Waals surface area (Å²) in [6.45, 7) is 0. The molecule has 4 heterocycles. The minimum Gasteiger partial charge on any atom is -0.309 e. The quantitative estimate of drug-likeness (QED) is 0.151. The van der Waals surface area contributed by atoms with Crippen molar-refractivity contribution in [1.82, 2.24) is 8.80 Å². The molecule has 17 rings (SSSR count). The Morgan fingerprint density at radius 1 is 0.231 bits per heavy atom. The molecule has 0 amide bonds. The zero-order valence-corrected chi connectivity index (χ0v) is 42.3. The second kappa shape index (κ2) is 16.5. The molecule has 4 aromatic heterocycles. The first-order chi connectivity index (χ1) is 38.8. The maximum absolute atomic E-state index is 2.56. The van der Waals surface area contributed by atoms with Crippen LogP contribution in [0.15, 0.2) is 279 Å². The molecule has 4 heteroatoms. The molecule has 13 aromatic carbocycles. The van der Waals surface area contributed by atoms with Crippen molar-refractivity contribution < 1.29 is 0 Å². The van der Waals surface area contributed by atoms with Crippen LogP contribution in [0.25, 0.3) is 120 Å². The van der Waals surface area contributed by atoms with E-state index in [0.717, 1.165) is 34.1 Å². The molecule has 0 fully saturated rings. The Hall–Kier alpha value is -10.4. The summed E-state index contributed by atoms with van der Waals surface area (Å²) in [5.74, 6) is 0. The number of aromatic nitrogens is 2. The van der Waals surface area contributed by atoms with E-state index in [2.05, 4.69) is 298 Å². The highest BCUT2D eigenvalue weighted by molar-refractivity contribution is 6.32. The standard InChI is InChI=1S/C74H46N4/c1-5-23-49(24-6-1)69-53-31-15-13-21-47(53)37-41-63(69)75(51-27-9-3-10-28-51)65-43-39-55-59-45-68-60(46-67(59)77-61-35-19-17-33-57(61)71(65)73(55)77)56-40-44-66(72-58-34-18-20-36-62(58)78(68)74(56)72)76(52-29-11-4-12-30-52)64-42-38-48-22-14-16-32-54(48)70(64)50-25-7-2-8-26-50/h1-46H. The lowest BCUT2D eigenvalue weighted by Gasteiger charge is -2.29. The van der Waals surface area contributed by atoms with Crippen molar-refractivity contribution in [2.45, 2.75) is 0 Å². The van der Waals surface area contributed by atoms with Crippen molar-refractivity contribution in [1.29, 1.82) is 0 Å². The highest BCUT2D eigenvalue weighted by atomic mass is 15.2. The second-order valence-corrected chi connectivity index (χ2v) is 20.7. The third-order valence-corrected chi connectivity index (χ3v) is 16.7. The van der Waals surface area contributed by atoms with E-state index >= 15 is 0 Å². The van der Waals surface area contributed by atoms with Crippen LogP contribution in [0, 0.1) is 0 Å². The maximum atomic E-state index is 2.56. The largest absolute Gasteiger partial charge is 0.309 e. The van der Waals surface area contributed by atoms with Gasteiger partial charge in [0.05, 0.1) is 55.8 Å². The highest BCUT2D eigenvalue weighted by Gasteiger charge is 2.30. The fourth-order valence-corrected chi connectivity index (χ4v) is 13.5. The average Bonchev–Trinajstić information content (AvgIpc) is 4.41. The number of nitrogens with zero attached hydrogens (tertiary/aromatic N) is 4. The molecule has 0 saturated heterocycles. The van der Waals surface area contributed by atoms with Crippen LogP contribution in [0.2, 0.25) is 0 Å². The van der Waals surface area contributed by atoms with Gasteiger partial charge in [-0.3, -0.25) is 0 Å². The minimum atomic E-state index is 1.11. The molecule has 4 nitrogen and oxygen atoms in total. The van der Waals surface area contributed by atoms with Gasteiger partial charge in [0.1, 0.15) is 0 Å². The highest BCUT2D eigenvalue weighted by Crippen LogP contribution is 2.54. The number of hydrogen-bond donors (Lipinski definition) is 0. The van der Waals surface area contributed by atoms with Gasteiger partial charge in [-0.25, -0.2) is 0 Å². The Kier molecular flexibility index (Phi) is 9.09. The first-order valence-corrected chi connectivity index (χ1v) is 26.9. The predicted molar refractivity (Wildman–Crippen MR) is 331 cm³/mol. The van der Waals surface area contributed by atoms with Crippen molar-refractivity contribution >= 4 is 132 Å². The van der Waals surface area contributed by atoms with E-state index in [9.17, 15) is 0 Å². The number of fused-ring (bicyclic) bond motifs is 14.